The Morgan fingerprint density at radius 1 is 1.18 bits per heavy atom. The maximum Gasteiger partial charge on any atom is 0.407 e. The number of rotatable bonds is 7. The highest BCUT2D eigenvalue weighted by molar-refractivity contribution is 6.00. The molecule has 1 N–H and O–H groups in total. The minimum atomic E-state index is -0.999. The molecule has 5 heterocycles. The summed E-state index contributed by atoms with van der Waals surface area (Å²) in [7, 11) is 1.79. The van der Waals surface area contributed by atoms with E-state index in [1.807, 2.05) is 17.9 Å². The number of amides is 1. The lowest BCUT2D eigenvalue weighted by Gasteiger charge is -2.31. The molecule has 4 aromatic rings. The van der Waals surface area contributed by atoms with Crippen molar-refractivity contribution in [2.24, 2.45) is 0 Å². The van der Waals surface area contributed by atoms with Crippen LogP contribution in [-0.2, 0) is 6.42 Å². The van der Waals surface area contributed by atoms with Gasteiger partial charge in [0.15, 0.2) is 5.82 Å². The maximum atomic E-state index is 16.7. The van der Waals surface area contributed by atoms with E-state index in [4.69, 9.17) is 9.72 Å². The van der Waals surface area contributed by atoms with E-state index in [1.165, 1.54) is 17.2 Å². The number of ether oxygens (including phenoxy) is 1. The van der Waals surface area contributed by atoms with Crippen molar-refractivity contribution in [3.05, 3.63) is 53.7 Å². The molecule has 3 aliphatic heterocycles. The second-order valence-electron chi connectivity index (χ2n) is 12.4. The van der Waals surface area contributed by atoms with E-state index in [0.717, 1.165) is 24.8 Å². The number of anilines is 1. The predicted molar refractivity (Wildman–Crippen MR) is 165 cm³/mol. The van der Waals surface area contributed by atoms with Gasteiger partial charge >= 0.3 is 12.1 Å². The summed E-state index contributed by atoms with van der Waals surface area (Å²) in [6.07, 6.45) is 2.66. The van der Waals surface area contributed by atoms with E-state index >= 15 is 4.39 Å². The van der Waals surface area contributed by atoms with Gasteiger partial charge in [-0.25, -0.2) is 18.0 Å². The molecule has 3 saturated heterocycles. The molecule has 9 nitrogen and oxygen atoms in total. The van der Waals surface area contributed by atoms with Crippen molar-refractivity contribution in [3.8, 4) is 17.3 Å². The zero-order chi connectivity index (χ0) is 31.5. The minimum absolute atomic E-state index is 0.0121. The van der Waals surface area contributed by atoms with Crippen LogP contribution in [0.2, 0.25) is 0 Å². The fourth-order valence-electron chi connectivity index (χ4n) is 7.57. The molecule has 1 amide bonds. The molecule has 0 unspecified atom stereocenters. The van der Waals surface area contributed by atoms with Crippen LogP contribution >= 0.6 is 0 Å². The highest BCUT2D eigenvalue weighted by atomic mass is 19.1. The number of aryl methyl sites for hydroxylation is 1. The van der Waals surface area contributed by atoms with Crippen LogP contribution in [-0.4, -0.2) is 93.5 Å². The quantitative estimate of drug-likeness (QED) is 0.276. The van der Waals surface area contributed by atoms with Gasteiger partial charge in [0.2, 0.25) is 0 Å². The number of likely N-dealkylation sites (tertiary alicyclic amines) is 1. The number of nitrogens with zero attached hydrogens (tertiary/aromatic N) is 6. The third kappa shape index (κ3) is 4.99. The van der Waals surface area contributed by atoms with Crippen molar-refractivity contribution in [1.82, 2.24) is 24.8 Å². The molecule has 3 atom stereocenters. The number of hydrogen-bond donors (Lipinski definition) is 1. The summed E-state index contributed by atoms with van der Waals surface area (Å²) in [4.78, 5) is 30.7. The summed E-state index contributed by atoms with van der Waals surface area (Å²) in [6.45, 7) is 3.82. The molecule has 0 bridgehead atoms. The summed E-state index contributed by atoms with van der Waals surface area (Å²) in [5.41, 5.74) is 0.488. The van der Waals surface area contributed by atoms with Crippen molar-refractivity contribution >= 4 is 33.6 Å². The van der Waals surface area contributed by atoms with Crippen LogP contribution in [0.25, 0.3) is 32.9 Å². The van der Waals surface area contributed by atoms with E-state index in [-0.39, 0.29) is 42.2 Å². The second kappa shape index (κ2) is 11.3. The van der Waals surface area contributed by atoms with E-state index in [0.29, 0.717) is 60.1 Å². The Morgan fingerprint density at radius 3 is 2.80 bits per heavy atom. The fourth-order valence-corrected chi connectivity index (χ4v) is 7.57. The molecule has 7 rings (SSSR count). The highest BCUT2D eigenvalue weighted by Gasteiger charge is 2.49. The average Bonchev–Trinajstić information content (AvgIpc) is 3.74. The van der Waals surface area contributed by atoms with E-state index in [1.54, 1.807) is 25.2 Å². The first-order valence-electron chi connectivity index (χ1n) is 15.5. The maximum absolute atomic E-state index is 16.7. The molecule has 2 aromatic carbocycles. The number of halogens is 3. The monoisotopic (exact) mass is 620 g/mol. The van der Waals surface area contributed by atoms with Gasteiger partial charge in [0, 0.05) is 50.9 Å². The first kappa shape index (κ1) is 29.5. The number of alkyl halides is 1. The Morgan fingerprint density at radius 2 is 2.02 bits per heavy atom. The summed E-state index contributed by atoms with van der Waals surface area (Å²) in [5, 5.41) is 11.2. The van der Waals surface area contributed by atoms with Gasteiger partial charge in [-0.15, -0.1) is 0 Å². The van der Waals surface area contributed by atoms with Crippen LogP contribution in [0.5, 0.6) is 6.01 Å². The lowest BCUT2D eigenvalue weighted by molar-refractivity contribution is 0.107. The van der Waals surface area contributed by atoms with Crippen molar-refractivity contribution in [3.63, 3.8) is 0 Å². The fraction of sp³-hybridized carbons (Fsp3) is 0.455. The molecule has 3 fully saturated rings. The van der Waals surface area contributed by atoms with Gasteiger partial charge in [-0.2, -0.15) is 9.97 Å². The standard InChI is InChI=1S/C33H35F3N6O3/c1-3-22-25(35)9-8-19-6-4-7-23(26(19)22)28-27(36)29-24(15-37-28)30(40(2)21-10-13-41(17-21)32(43)44)39-31(38-29)45-18-33-11-5-12-42(33)16-20(34)14-33/h4,6-9,15,20-21H,3,5,10-14,16-18H2,1-2H3,(H,43,44)/t20-,21-,33+/m1/s1. The van der Waals surface area contributed by atoms with Crippen LogP contribution in [0.4, 0.5) is 23.8 Å². The third-order valence-corrected chi connectivity index (χ3v) is 9.89. The molecule has 0 radical (unpaired) electrons. The Balaban J connectivity index is 1.35. The van der Waals surface area contributed by atoms with E-state index in [9.17, 15) is 18.7 Å². The second-order valence-corrected chi connectivity index (χ2v) is 12.4. The Bertz CT molecular complexity index is 1810. The normalized spacial score (nSPS) is 23.3. The van der Waals surface area contributed by atoms with E-state index < -0.39 is 23.6 Å². The molecular formula is C33H35F3N6O3. The number of carboxylic acid groups (broad SMARTS) is 1. The highest BCUT2D eigenvalue weighted by Crippen LogP contribution is 2.41. The summed E-state index contributed by atoms with van der Waals surface area (Å²) in [5.74, 6) is -0.702. The van der Waals surface area contributed by atoms with Crippen molar-refractivity contribution in [1.29, 1.82) is 0 Å². The Labute approximate surface area is 258 Å². The summed E-state index contributed by atoms with van der Waals surface area (Å²) >= 11 is 0. The molecule has 0 aliphatic carbocycles. The lowest BCUT2D eigenvalue weighted by Crippen LogP contribution is -2.43. The third-order valence-electron chi connectivity index (χ3n) is 9.89. The van der Waals surface area contributed by atoms with Crippen LogP contribution < -0.4 is 9.64 Å². The SMILES string of the molecule is CCc1c(F)ccc2cccc(-c3ncc4c(N(C)[C@@H]5CCN(C(=O)O)C5)nc(OC[C@@]56CCCN5C[C@H](F)C6)nc4c3F)c12. The summed E-state index contributed by atoms with van der Waals surface area (Å²) < 4.78 is 52.3. The first-order valence-corrected chi connectivity index (χ1v) is 15.5. The van der Waals surface area contributed by atoms with Gasteiger partial charge in [-0.05, 0) is 54.6 Å². The van der Waals surface area contributed by atoms with Gasteiger partial charge in [0.1, 0.15) is 35.6 Å². The molecular weight excluding hydrogens is 585 g/mol. The van der Waals surface area contributed by atoms with Crippen molar-refractivity contribution < 1.29 is 27.8 Å². The van der Waals surface area contributed by atoms with Gasteiger partial charge in [0.05, 0.1) is 10.9 Å². The minimum Gasteiger partial charge on any atom is -0.465 e. The largest absolute Gasteiger partial charge is 0.465 e. The predicted octanol–water partition coefficient (Wildman–Crippen LogP) is 5.83. The number of aromatic nitrogens is 3. The van der Waals surface area contributed by atoms with Crippen LogP contribution in [0.3, 0.4) is 0 Å². The molecule has 3 aliphatic rings. The number of carbonyl (C=O) groups is 1. The number of fused-ring (bicyclic) bond motifs is 3. The van der Waals surface area contributed by atoms with Crippen LogP contribution in [0.1, 0.15) is 38.2 Å². The molecule has 236 valence electrons. The van der Waals surface area contributed by atoms with Crippen LogP contribution in [0, 0.1) is 11.6 Å². The Hall–Kier alpha value is -4.19. The first-order chi connectivity index (χ1) is 21.7. The molecule has 12 heteroatoms. The Kier molecular flexibility index (Phi) is 7.42. The van der Waals surface area contributed by atoms with Crippen molar-refractivity contribution in [2.45, 2.75) is 56.8 Å². The summed E-state index contributed by atoms with van der Waals surface area (Å²) in [6, 6.07) is 8.20. The number of pyridine rings is 1. The molecule has 2 aromatic heterocycles. The number of likely N-dealkylation sites (N-methyl/N-ethyl adjacent to an activating group) is 1. The number of hydrogen-bond acceptors (Lipinski definition) is 7. The van der Waals surface area contributed by atoms with E-state index in [2.05, 4.69) is 14.9 Å². The zero-order valence-corrected chi connectivity index (χ0v) is 25.3. The number of benzene rings is 2. The van der Waals surface area contributed by atoms with Crippen LogP contribution in [0.15, 0.2) is 36.5 Å². The topological polar surface area (TPSA) is 94.9 Å². The molecule has 0 saturated carbocycles. The van der Waals surface area contributed by atoms with Crippen molar-refractivity contribution in [2.75, 3.05) is 44.7 Å². The zero-order valence-electron chi connectivity index (χ0n) is 25.3. The molecule has 45 heavy (non-hydrogen) atoms. The van der Waals surface area contributed by atoms with Gasteiger partial charge in [0.25, 0.3) is 0 Å². The molecule has 0 spiro atoms. The van der Waals surface area contributed by atoms with Gasteiger partial charge < -0.3 is 19.6 Å². The average molecular weight is 621 g/mol. The smallest absolute Gasteiger partial charge is 0.407 e. The van der Waals surface area contributed by atoms with Gasteiger partial charge in [-0.1, -0.05) is 31.2 Å². The van der Waals surface area contributed by atoms with Gasteiger partial charge in [-0.3, -0.25) is 9.88 Å². The lowest BCUT2D eigenvalue weighted by atomic mass is 9.95.